The number of Topliss-reactive ketones (excluding diaryl/α,β-unsaturated/α-hetero) is 1. The number of carbonyl (C=O) groups excluding carboxylic acids is 1. The van der Waals surface area contributed by atoms with Gasteiger partial charge in [0.15, 0.2) is 5.78 Å². The Morgan fingerprint density at radius 2 is 1.80 bits per heavy atom. The molecule has 0 aromatic heterocycles. The number of hydrogen-bond donors (Lipinski definition) is 0. The molecule has 0 aliphatic heterocycles. The molecule has 0 saturated carbocycles. The molecule has 0 atom stereocenters. The number of ether oxygens (including phenoxy) is 2. The highest BCUT2D eigenvalue weighted by Gasteiger charge is 2.07. The average Bonchev–Trinajstić information content (AvgIpc) is 2.47. The van der Waals surface area contributed by atoms with Crippen molar-refractivity contribution in [3.8, 4) is 11.5 Å². The van der Waals surface area contributed by atoms with Crippen molar-refractivity contribution in [3.63, 3.8) is 0 Å². The second kappa shape index (κ2) is 6.75. The molecule has 2 aromatic carbocycles. The molecule has 0 heterocycles. The molecule has 0 spiro atoms. The highest BCUT2D eigenvalue weighted by Crippen LogP contribution is 2.15. The van der Waals surface area contributed by atoms with Gasteiger partial charge < -0.3 is 9.47 Å². The van der Waals surface area contributed by atoms with Crippen molar-refractivity contribution < 1.29 is 14.3 Å². The van der Waals surface area contributed by atoms with E-state index in [1.165, 1.54) is 0 Å². The van der Waals surface area contributed by atoms with Crippen LogP contribution in [-0.2, 0) is 0 Å². The summed E-state index contributed by atoms with van der Waals surface area (Å²) in [4.78, 5) is 12.0. The summed E-state index contributed by atoms with van der Waals surface area (Å²) in [5, 5.41) is 0. The molecule has 0 aliphatic carbocycles. The lowest BCUT2D eigenvalue weighted by Crippen LogP contribution is -2.07. The third-order valence-corrected chi connectivity index (χ3v) is 2.98. The van der Waals surface area contributed by atoms with Crippen molar-refractivity contribution in [2.24, 2.45) is 0 Å². The number of ketones is 1. The molecule has 0 unspecified atom stereocenters. The summed E-state index contributed by atoms with van der Waals surface area (Å²) in [6.07, 6.45) is 0.348. The van der Waals surface area contributed by atoms with E-state index in [1.807, 2.05) is 43.3 Å². The molecule has 0 fully saturated rings. The van der Waals surface area contributed by atoms with Crippen molar-refractivity contribution in [3.05, 3.63) is 59.7 Å². The third kappa shape index (κ3) is 3.85. The summed E-state index contributed by atoms with van der Waals surface area (Å²) < 4.78 is 10.7. The highest BCUT2D eigenvalue weighted by molar-refractivity contribution is 5.96. The SMILES string of the molecule is COc1cccc(C(=O)CCOc2cccc(C)c2)c1. The van der Waals surface area contributed by atoms with Gasteiger partial charge >= 0.3 is 0 Å². The van der Waals surface area contributed by atoms with E-state index in [2.05, 4.69) is 0 Å². The summed E-state index contributed by atoms with van der Waals surface area (Å²) in [6.45, 7) is 2.38. The van der Waals surface area contributed by atoms with Crippen molar-refractivity contribution in [1.82, 2.24) is 0 Å². The molecule has 2 aromatic rings. The van der Waals surface area contributed by atoms with Crippen LogP contribution < -0.4 is 9.47 Å². The van der Waals surface area contributed by atoms with Crippen molar-refractivity contribution in [2.45, 2.75) is 13.3 Å². The van der Waals surface area contributed by atoms with Gasteiger partial charge in [-0.2, -0.15) is 0 Å². The topological polar surface area (TPSA) is 35.5 Å². The van der Waals surface area contributed by atoms with Gasteiger partial charge in [-0.25, -0.2) is 0 Å². The number of methoxy groups -OCH3 is 1. The minimum Gasteiger partial charge on any atom is -0.497 e. The van der Waals surface area contributed by atoms with Crippen LogP contribution in [0.5, 0.6) is 11.5 Å². The summed E-state index contributed by atoms with van der Waals surface area (Å²) >= 11 is 0. The van der Waals surface area contributed by atoms with E-state index in [9.17, 15) is 4.79 Å². The Bertz CT molecular complexity index is 590. The molecule has 2 rings (SSSR count). The second-order valence-electron chi connectivity index (χ2n) is 4.57. The first kappa shape index (κ1) is 14.1. The van der Waals surface area contributed by atoms with Crippen molar-refractivity contribution in [1.29, 1.82) is 0 Å². The van der Waals surface area contributed by atoms with Crippen LogP contribution >= 0.6 is 0 Å². The van der Waals surface area contributed by atoms with Crippen molar-refractivity contribution in [2.75, 3.05) is 13.7 Å². The maximum absolute atomic E-state index is 12.0. The van der Waals surface area contributed by atoms with Gasteiger partial charge in [0.1, 0.15) is 11.5 Å². The fourth-order valence-corrected chi connectivity index (χ4v) is 1.91. The molecule has 0 bridgehead atoms. The fourth-order valence-electron chi connectivity index (χ4n) is 1.91. The molecule has 0 aliphatic rings. The zero-order valence-corrected chi connectivity index (χ0v) is 11.8. The van der Waals surface area contributed by atoms with Gasteiger partial charge in [0.25, 0.3) is 0 Å². The van der Waals surface area contributed by atoms with Crippen LogP contribution in [0.2, 0.25) is 0 Å². The van der Waals surface area contributed by atoms with E-state index in [-0.39, 0.29) is 5.78 Å². The zero-order chi connectivity index (χ0) is 14.4. The normalized spacial score (nSPS) is 10.1. The van der Waals surface area contributed by atoms with Gasteiger partial charge in [0, 0.05) is 12.0 Å². The van der Waals surface area contributed by atoms with Crippen LogP contribution in [-0.4, -0.2) is 19.5 Å². The van der Waals surface area contributed by atoms with Crippen LogP contribution in [0.25, 0.3) is 0 Å². The first-order valence-electron chi connectivity index (χ1n) is 6.56. The maximum Gasteiger partial charge on any atom is 0.166 e. The quantitative estimate of drug-likeness (QED) is 0.751. The predicted molar refractivity (Wildman–Crippen MR) is 78.6 cm³/mol. The first-order chi connectivity index (χ1) is 9.69. The molecular formula is C17H18O3. The Labute approximate surface area is 119 Å². The monoisotopic (exact) mass is 270 g/mol. The molecule has 0 amide bonds. The summed E-state index contributed by atoms with van der Waals surface area (Å²) in [5.74, 6) is 1.54. The summed E-state index contributed by atoms with van der Waals surface area (Å²) in [7, 11) is 1.59. The van der Waals surface area contributed by atoms with Gasteiger partial charge in [-0.05, 0) is 36.8 Å². The molecular weight excluding hydrogens is 252 g/mol. The minimum atomic E-state index is 0.0524. The Morgan fingerprint density at radius 3 is 2.55 bits per heavy atom. The van der Waals surface area contributed by atoms with Crippen LogP contribution in [0.4, 0.5) is 0 Å². The number of rotatable bonds is 6. The van der Waals surface area contributed by atoms with Gasteiger partial charge in [-0.15, -0.1) is 0 Å². The number of aryl methyl sites for hydroxylation is 1. The number of hydrogen-bond acceptors (Lipinski definition) is 3. The molecule has 104 valence electrons. The Hall–Kier alpha value is -2.29. The van der Waals surface area contributed by atoms with Crippen LogP contribution in [0.1, 0.15) is 22.3 Å². The molecule has 0 saturated heterocycles. The third-order valence-electron chi connectivity index (χ3n) is 2.98. The van der Waals surface area contributed by atoms with E-state index in [0.717, 1.165) is 11.3 Å². The van der Waals surface area contributed by atoms with E-state index >= 15 is 0 Å². The largest absolute Gasteiger partial charge is 0.497 e. The maximum atomic E-state index is 12.0. The van der Waals surface area contributed by atoms with E-state index in [1.54, 1.807) is 19.2 Å². The molecule has 0 radical (unpaired) electrons. The molecule has 20 heavy (non-hydrogen) atoms. The first-order valence-corrected chi connectivity index (χ1v) is 6.56. The Morgan fingerprint density at radius 1 is 1.05 bits per heavy atom. The Balaban J connectivity index is 1.89. The van der Waals surface area contributed by atoms with Gasteiger partial charge in [0.05, 0.1) is 13.7 Å². The highest BCUT2D eigenvalue weighted by atomic mass is 16.5. The summed E-state index contributed by atoms with van der Waals surface area (Å²) in [6, 6.07) is 15.0. The van der Waals surface area contributed by atoms with E-state index < -0.39 is 0 Å². The van der Waals surface area contributed by atoms with Crippen molar-refractivity contribution >= 4 is 5.78 Å². The van der Waals surface area contributed by atoms with Crippen LogP contribution in [0.3, 0.4) is 0 Å². The van der Waals surface area contributed by atoms with E-state index in [0.29, 0.717) is 24.3 Å². The lowest BCUT2D eigenvalue weighted by molar-refractivity contribution is 0.0962. The predicted octanol–water partition coefficient (Wildman–Crippen LogP) is 3.66. The minimum absolute atomic E-state index is 0.0524. The van der Waals surface area contributed by atoms with Gasteiger partial charge in [0.2, 0.25) is 0 Å². The average molecular weight is 270 g/mol. The van der Waals surface area contributed by atoms with Gasteiger partial charge in [-0.3, -0.25) is 4.79 Å². The molecule has 3 nitrogen and oxygen atoms in total. The second-order valence-corrected chi connectivity index (χ2v) is 4.57. The Kier molecular flexibility index (Phi) is 4.77. The van der Waals surface area contributed by atoms with E-state index in [4.69, 9.17) is 9.47 Å². The van der Waals surface area contributed by atoms with Crippen LogP contribution in [0, 0.1) is 6.92 Å². The van der Waals surface area contributed by atoms with Gasteiger partial charge in [-0.1, -0.05) is 24.3 Å². The number of carbonyl (C=O) groups is 1. The fraction of sp³-hybridized carbons (Fsp3) is 0.235. The lowest BCUT2D eigenvalue weighted by Gasteiger charge is -2.07. The van der Waals surface area contributed by atoms with Crippen LogP contribution in [0.15, 0.2) is 48.5 Å². The number of benzene rings is 2. The lowest BCUT2D eigenvalue weighted by atomic mass is 10.1. The summed E-state index contributed by atoms with van der Waals surface area (Å²) in [5.41, 5.74) is 1.79. The molecule has 0 N–H and O–H groups in total. The standard InChI is InChI=1S/C17H18O3/c1-13-5-3-8-16(11-13)20-10-9-17(18)14-6-4-7-15(12-14)19-2/h3-8,11-12H,9-10H2,1-2H3. The zero-order valence-electron chi connectivity index (χ0n) is 11.8. The smallest absolute Gasteiger partial charge is 0.166 e. The molecule has 3 heteroatoms.